The van der Waals surface area contributed by atoms with Crippen LogP contribution in [-0.4, -0.2) is 101 Å². The highest BCUT2D eigenvalue weighted by molar-refractivity contribution is 5.77. The lowest BCUT2D eigenvalue weighted by Gasteiger charge is -2.26. The molecule has 1 saturated heterocycles. The van der Waals surface area contributed by atoms with Crippen molar-refractivity contribution in [3.8, 4) is 17.1 Å². The maximum atomic E-state index is 12.5. The Morgan fingerprint density at radius 1 is 1.15 bits per heavy atom. The average molecular weight is 533 g/mol. The second-order valence-electron chi connectivity index (χ2n) is 9.50. The normalized spacial score (nSPS) is 17.4. The maximum Gasteiger partial charge on any atom is 0.267 e. The van der Waals surface area contributed by atoms with Gasteiger partial charge in [0.25, 0.3) is 11.5 Å². The number of hydrogen-bond donors (Lipinski definition) is 1. The minimum Gasteiger partial charge on any atom is -0.481 e. The lowest BCUT2D eigenvalue weighted by Crippen LogP contribution is -2.42. The molecular formula is C27H32N8O4. The Hall–Kier alpha value is -4.16. The van der Waals surface area contributed by atoms with Crippen LogP contribution in [0, 0.1) is 0 Å². The van der Waals surface area contributed by atoms with Crippen molar-refractivity contribution in [1.82, 2.24) is 35.0 Å². The van der Waals surface area contributed by atoms with Crippen molar-refractivity contribution in [2.45, 2.75) is 12.5 Å². The van der Waals surface area contributed by atoms with Gasteiger partial charge in [0.15, 0.2) is 18.2 Å². The highest BCUT2D eigenvalue weighted by Crippen LogP contribution is 2.19. The molecule has 1 fully saturated rings. The van der Waals surface area contributed by atoms with Gasteiger partial charge < -0.3 is 14.8 Å². The van der Waals surface area contributed by atoms with E-state index < -0.39 is 0 Å². The van der Waals surface area contributed by atoms with Crippen molar-refractivity contribution in [3.05, 3.63) is 70.4 Å². The van der Waals surface area contributed by atoms with Crippen LogP contribution >= 0.6 is 0 Å². The fourth-order valence-corrected chi connectivity index (χ4v) is 4.42. The first kappa shape index (κ1) is 26.4. The molecule has 1 N–H and O–H groups in total. The molecule has 204 valence electrons. The van der Waals surface area contributed by atoms with Crippen molar-refractivity contribution in [1.29, 1.82) is 0 Å². The number of hydrazone groups is 1. The quantitative estimate of drug-likeness (QED) is 0.399. The molecule has 4 heterocycles. The summed E-state index contributed by atoms with van der Waals surface area (Å²) in [6.07, 6.45) is 4.94. The summed E-state index contributed by atoms with van der Waals surface area (Å²) in [7, 11) is 1.91. The van der Waals surface area contributed by atoms with Gasteiger partial charge in [-0.15, -0.1) is 0 Å². The standard InChI is InChI=1S/C27H32N8O4/c1-33-18-22(14-31-33)24-5-6-26(37)35(32-24)17-20-3-2-4-21(13-20)27-29-15-23(16-30-27)39-19-25(36)28-7-8-34-9-11-38-12-10-34/h2-6,13-16,22H,7-12,17-19H2,1H3,(H,28,36). The van der Waals surface area contributed by atoms with Crippen LogP contribution < -0.4 is 15.6 Å². The number of carbonyl (C=O) groups excluding carboxylic acids is 1. The molecule has 0 saturated carbocycles. The Bertz CT molecular complexity index is 1350. The van der Waals surface area contributed by atoms with Crippen molar-refractivity contribution in [3.63, 3.8) is 0 Å². The van der Waals surface area contributed by atoms with Crippen molar-refractivity contribution in [2.75, 3.05) is 59.6 Å². The zero-order chi connectivity index (χ0) is 27.0. The molecule has 0 aliphatic carbocycles. The maximum absolute atomic E-state index is 12.5. The number of benzene rings is 1. The minimum atomic E-state index is -0.194. The molecule has 3 aromatic rings. The van der Waals surface area contributed by atoms with Gasteiger partial charge in [0.05, 0.1) is 43.8 Å². The topological polar surface area (TPSA) is 127 Å². The summed E-state index contributed by atoms with van der Waals surface area (Å²) < 4.78 is 12.3. The zero-order valence-electron chi connectivity index (χ0n) is 21.9. The molecule has 0 radical (unpaired) electrons. The molecule has 1 amide bonds. The monoisotopic (exact) mass is 532 g/mol. The summed E-state index contributed by atoms with van der Waals surface area (Å²) in [5, 5.41) is 13.6. The number of carbonyl (C=O) groups is 1. The fourth-order valence-electron chi connectivity index (χ4n) is 4.42. The molecular weight excluding hydrogens is 500 g/mol. The van der Waals surface area contributed by atoms with Crippen LogP contribution in [0.25, 0.3) is 11.4 Å². The lowest BCUT2D eigenvalue weighted by molar-refractivity contribution is -0.123. The summed E-state index contributed by atoms with van der Waals surface area (Å²) in [5.41, 5.74) is 2.33. The Kier molecular flexibility index (Phi) is 8.54. The smallest absolute Gasteiger partial charge is 0.267 e. The Morgan fingerprint density at radius 3 is 2.74 bits per heavy atom. The van der Waals surface area contributed by atoms with Gasteiger partial charge in [0.2, 0.25) is 0 Å². The molecule has 1 aromatic carbocycles. The summed E-state index contributed by atoms with van der Waals surface area (Å²) in [6.45, 7) is 5.53. The molecule has 12 heteroatoms. The molecule has 2 aliphatic rings. The third-order valence-electron chi connectivity index (χ3n) is 6.54. The molecule has 0 spiro atoms. The number of nitrogens with one attached hydrogen (secondary N) is 1. The van der Waals surface area contributed by atoms with E-state index in [9.17, 15) is 9.59 Å². The van der Waals surface area contributed by atoms with E-state index in [4.69, 9.17) is 9.47 Å². The molecule has 2 aromatic heterocycles. The number of ether oxygens (including phenoxy) is 2. The van der Waals surface area contributed by atoms with Crippen LogP contribution in [-0.2, 0) is 16.1 Å². The van der Waals surface area contributed by atoms with Gasteiger partial charge in [-0.25, -0.2) is 14.6 Å². The second-order valence-corrected chi connectivity index (χ2v) is 9.50. The summed E-state index contributed by atoms with van der Waals surface area (Å²) in [4.78, 5) is 35.6. The molecule has 0 bridgehead atoms. The number of aromatic nitrogens is 4. The van der Waals surface area contributed by atoms with E-state index in [2.05, 4.69) is 30.4 Å². The van der Waals surface area contributed by atoms with Crippen LogP contribution in [0.2, 0.25) is 0 Å². The van der Waals surface area contributed by atoms with Crippen LogP contribution in [0.3, 0.4) is 0 Å². The van der Waals surface area contributed by atoms with Gasteiger partial charge in [-0.3, -0.25) is 19.5 Å². The highest BCUT2D eigenvalue weighted by atomic mass is 16.5. The minimum absolute atomic E-state index is 0.0588. The van der Waals surface area contributed by atoms with E-state index >= 15 is 0 Å². The van der Waals surface area contributed by atoms with E-state index in [1.165, 1.54) is 4.68 Å². The van der Waals surface area contributed by atoms with Gasteiger partial charge in [-0.05, 0) is 17.7 Å². The second kappa shape index (κ2) is 12.6. The van der Waals surface area contributed by atoms with Crippen LogP contribution in [0.15, 0.2) is 58.7 Å². The molecule has 1 atom stereocenters. The van der Waals surface area contributed by atoms with Crippen molar-refractivity contribution < 1.29 is 14.3 Å². The number of rotatable bonds is 10. The first-order valence-electron chi connectivity index (χ1n) is 13.0. The van der Waals surface area contributed by atoms with Gasteiger partial charge >= 0.3 is 0 Å². The van der Waals surface area contributed by atoms with Gasteiger partial charge in [-0.1, -0.05) is 18.2 Å². The predicted octanol–water partition coefficient (Wildman–Crippen LogP) is 0.591. The number of hydrogen-bond acceptors (Lipinski definition) is 10. The molecule has 1 unspecified atom stereocenters. The number of amides is 1. The average Bonchev–Trinajstić information content (AvgIpc) is 3.40. The van der Waals surface area contributed by atoms with E-state index in [0.717, 1.165) is 56.2 Å². The lowest BCUT2D eigenvalue weighted by atomic mass is 10.1. The molecule has 12 nitrogen and oxygen atoms in total. The third-order valence-corrected chi connectivity index (χ3v) is 6.54. The number of nitrogens with zero attached hydrogens (tertiary/aromatic N) is 7. The molecule has 39 heavy (non-hydrogen) atoms. The Balaban J connectivity index is 1.15. The zero-order valence-corrected chi connectivity index (χ0v) is 21.9. The molecule has 2 aliphatic heterocycles. The predicted molar refractivity (Wildman–Crippen MR) is 145 cm³/mol. The highest BCUT2D eigenvalue weighted by Gasteiger charge is 2.19. The SMILES string of the molecule is CN1CC(c2ccc(=O)n(Cc3cccc(-c4ncc(OCC(=O)NCCN5CCOCC5)cn4)c3)n2)C=N1. The van der Waals surface area contributed by atoms with Gasteiger partial charge in [-0.2, -0.15) is 10.2 Å². The van der Waals surface area contributed by atoms with Crippen molar-refractivity contribution in [2.24, 2.45) is 5.10 Å². The summed E-state index contributed by atoms with van der Waals surface area (Å²) in [5.74, 6) is 0.786. The van der Waals surface area contributed by atoms with Crippen LogP contribution in [0.4, 0.5) is 0 Å². The van der Waals surface area contributed by atoms with Gasteiger partial charge in [0.1, 0.15) is 0 Å². The third kappa shape index (κ3) is 7.24. The van der Waals surface area contributed by atoms with E-state index in [1.54, 1.807) is 24.5 Å². The summed E-state index contributed by atoms with van der Waals surface area (Å²) >= 11 is 0. The Morgan fingerprint density at radius 2 is 1.97 bits per heavy atom. The Labute approximate surface area is 226 Å². The van der Waals surface area contributed by atoms with E-state index in [1.807, 2.05) is 42.5 Å². The van der Waals surface area contributed by atoms with Crippen molar-refractivity contribution >= 4 is 12.1 Å². The summed E-state index contributed by atoms with van der Waals surface area (Å²) in [6, 6.07) is 11.0. The van der Waals surface area contributed by atoms with Crippen LogP contribution in [0.1, 0.15) is 17.2 Å². The first-order chi connectivity index (χ1) is 19.0. The fraction of sp³-hybridized carbons (Fsp3) is 0.407. The largest absolute Gasteiger partial charge is 0.481 e. The van der Waals surface area contributed by atoms with Gasteiger partial charge in [0, 0.05) is 57.6 Å². The first-order valence-corrected chi connectivity index (χ1v) is 13.0. The number of morpholine rings is 1. The van der Waals surface area contributed by atoms with Crippen LogP contribution in [0.5, 0.6) is 5.75 Å². The molecule has 5 rings (SSSR count). The van der Waals surface area contributed by atoms with E-state index in [0.29, 0.717) is 24.7 Å². The number of likely N-dealkylation sites (N-methyl/N-ethyl adjacent to an activating group) is 1. The van der Waals surface area contributed by atoms with E-state index in [-0.39, 0.29) is 24.0 Å².